The zero-order valence-corrected chi connectivity index (χ0v) is 15.6. The van der Waals surface area contributed by atoms with Crippen molar-refractivity contribution in [3.63, 3.8) is 0 Å². The van der Waals surface area contributed by atoms with Crippen molar-refractivity contribution in [3.8, 4) is 11.5 Å². The summed E-state index contributed by atoms with van der Waals surface area (Å²) in [5.41, 5.74) is 1.68. The number of hydrogen-bond donors (Lipinski definition) is 1. The Hall–Kier alpha value is -3.82. The van der Waals surface area contributed by atoms with E-state index in [9.17, 15) is 9.18 Å². The van der Waals surface area contributed by atoms with E-state index in [4.69, 9.17) is 0 Å². The van der Waals surface area contributed by atoms with Crippen LogP contribution in [-0.2, 0) is 16.8 Å². The average Bonchev–Trinajstić information content (AvgIpc) is 3.16. The number of fused-ring (bicyclic) bond motifs is 2. The minimum Gasteiger partial charge on any atom is -0.310 e. The predicted molar refractivity (Wildman–Crippen MR) is 101 cm³/mol. The molecular weight excluding hydrogens is 375 g/mol. The van der Waals surface area contributed by atoms with E-state index in [1.807, 2.05) is 13.8 Å². The topological polar surface area (TPSA) is 111 Å². The first-order chi connectivity index (χ1) is 13.9. The van der Waals surface area contributed by atoms with Gasteiger partial charge in [-0.05, 0) is 19.9 Å². The van der Waals surface area contributed by atoms with E-state index < -0.39 is 11.2 Å². The van der Waals surface area contributed by atoms with Gasteiger partial charge in [-0.15, -0.1) is 0 Å². The fraction of sp³-hybridized carbons (Fsp3) is 0.211. The third-order valence-corrected chi connectivity index (χ3v) is 4.97. The molecule has 1 aliphatic heterocycles. The van der Waals surface area contributed by atoms with Crippen LogP contribution in [0.2, 0.25) is 0 Å². The van der Waals surface area contributed by atoms with Gasteiger partial charge < -0.3 is 5.32 Å². The molecule has 1 amide bonds. The van der Waals surface area contributed by atoms with E-state index >= 15 is 0 Å². The highest BCUT2D eigenvalue weighted by Gasteiger charge is 2.40. The standard InChI is InChI=1S/C19H15FN8O/c1-19(2)13-7-23-16(25-15(13)26-18(19)29)14-12-3-11(20)6-24-17(12)28(27-14)8-10-4-21-9-22-5-10/h3-7,9H,8H2,1-2H3,(H,23,25,26,29). The third-order valence-electron chi connectivity index (χ3n) is 4.97. The number of nitrogens with zero attached hydrogens (tertiary/aromatic N) is 7. The molecule has 4 aromatic rings. The van der Waals surface area contributed by atoms with Gasteiger partial charge in [0.2, 0.25) is 5.91 Å². The number of carbonyl (C=O) groups is 1. The molecule has 0 unspecified atom stereocenters. The first kappa shape index (κ1) is 17.3. The Morgan fingerprint density at radius 3 is 2.72 bits per heavy atom. The van der Waals surface area contributed by atoms with Crippen molar-refractivity contribution < 1.29 is 9.18 Å². The second kappa shape index (κ2) is 6.09. The van der Waals surface area contributed by atoms with Crippen LogP contribution in [0.5, 0.6) is 0 Å². The van der Waals surface area contributed by atoms with E-state index in [0.29, 0.717) is 34.7 Å². The Balaban J connectivity index is 1.65. The highest BCUT2D eigenvalue weighted by molar-refractivity contribution is 6.04. The summed E-state index contributed by atoms with van der Waals surface area (Å²) in [6.45, 7) is 3.97. The van der Waals surface area contributed by atoms with Gasteiger partial charge in [0.15, 0.2) is 11.5 Å². The maximum Gasteiger partial charge on any atom is 0.235 e. The van der Waals surface area contributed by atoms with Gasteiger partial charge in [-0.2, -0.15) is 5.10 Å². The number of pyridine rings is 1. The molecule has 0 bridgehead atoms. The molecule has 0 fully saturated rings. The number of anilines is 1. The lowest BCUT2D eigenvalue weighted by Gasteiger charge is -2.13. The largest absolute Gasteiger partial charge is 0.310 e. The summed E-state index contributed by atoms with van der Waals surface area (Å²) >= 11 is 0. The molecule has 0 aliphatic carbocycles. The summed E-state index contributed by atoms with van der Waals surface area (Å²) in [6.07, 6.45) is 7.54. The van der Waals surface area contributed by atoms with Crippen molar-refractivity contribution in [2.24, 2.45) is 0 Å². The molecule has 144 valence electrons. The van der Waals surface area contributed by atoms with Gasteiger partial charge in [0.25, 0.3) is 0 Å². The molecule has 1 N–H and O–H groups in total. The quantitative estimate of drug-likeness (QED) is 0.570. The van der Waals surface area contributed by atoms with E-state index in [-0.39, 0.29) is 11.7 Å². The number of nitrogens with one attached hydrogen (secondary N) is 1. The Morgan fingerprint density at radius 2 is 1.93 bits per heavy atom. The van der Waals surface area contributed by atoms with Crippen LogP contribution in [0.4, 0.5) is 10.2 Å². The zero-order valence-electron chi connectivity index (χ0n) is 15.6. The van der Waals surface area contributed by atoms with Crippen molar-refractivity contribution in [3.05, 3.63) is 54.1 Å². The summed E-state index contributed by atoms with van der Waals surface area (Å²) in [6, 6.07) is 1.35. The smallest absolute Gasteiger partial charge is 0.235 e. The minimum atomic E-state index is -0.712. The monoisotopic (exact) mass is 390 g/mol. The highest BCUT2D eigenvalue weighted by Crippen LogP contribution is 2.37. The van der Waals surface area contributed by atoms with Crippen molar-refractivity contribution in [1.82, 2.24) is 34.7 Å². The zero-order chi connectivity index (χ0) is 20.2. The lowest BCUT2D eigenvalue weighted by atomic mass is 9.88. The highest BCUT2D eigenvalue weighted by atomic mass is 19.1. The van der Waals surface area contributed by atoms with Gasteiger partial charge in [0, 0.05) is 29.7 Å². The molecule has 0 radical (unpaired) electrons. The Morgan fingerprint density at radius 1 is 1.14 bits per heavy atom. The van der Waals surface area contributed by atoms with Gasteiger partial charge >= 0.3 is 0 Å². The molecule has 0 saturated carbocycles. The molecule has 0 spiro atoms. The van der Waals surface area contributed by atoms with Gasteiger partial charge in [0.1, 0.15) is 23.7 Å². The first-order valence-corrected chi connectivity index (χ1v) is 8.89. The SMILES string of the molecule is CC1(C)C(=O)Nc2nc(-c3nn(Cc4cncnc4)c4ncc(F)cc34)ncc21. The van der Waals surface area contributed by atoms with Crippen LogP contribution in [0.25, 0.3) is 22.6 Å². The summed E-state index contributed by atoms with van der Waals surface area (Å²) in [5.74, 6) is 0.0822. The first-order valence-electron chi connectivity index (χ1n) is 8.89. The molecule has 5 rings (SSSR count). The average molecular weight is 390 g/mol. The second-order valence-electron chi connectivity index (χ2n) is 7.31. The summed E-state index contributed by atoms with van der Waals surface area (Å²) in [4.78, 5) is 33.3. The van der Waals surface area contributed by atoms with Gasteiger partial charge in [-0.1, -0.05) is 0 Å². The third kappa shape index (κ3) is 2.72. The Labute approximate surface area is 164 Å². The number of halogens is 1. The number of aromatic nitrogens is 7. The van der Waals surface area contributed by atoms with Crippen molar-refractivity contribution in [1.29, 1.82) is 0 Å². The number of carbonyl (C=O) groups excluding carboxylic acids is 1. The maximum atomic E-state index is 13.9. The molecule has 1 aliphatic rings. The van der Waals surface area contributed by atoms with Crippen LogP contribution in [0.3, 0.4) is 0 Å². The van der Waals surface area contributed by atoms with Crippen LogP contribution >= 0.6 is 0 Å². The molecule has 4 aromatic heterocycles. The molecule has 5 heterocycles. The van der Waals surface area contributed by atoms with E-state index in [1.165, 1.54) is 12.4 Å². The van der Waals surface area contributed by atoms with Gasteiger partial charge in [-0.3, -0.25) is 4.79 Å². The maximum absolute atomic E-state index is 13.9. The van der Waals surface area contributed by atoms with E-state index in [0.717, 1.165) is 11.8 Å². The molecule has 9 nitrogen and oxygen atoms in total. The Bertz CT molecular complexity index is 1270. The normalized spacial score (nSPS) is 14.8. The fourth-order valence-electron chi connectivity index (χ4n) is 3.33. The molecule has 29 heavy (non-hydrogen) atoms. The lowest BCUT2D eigenvalue weighted by Crippen LogP contribution is -2.26. The van der Waals surface area contributed by atoms with Crippen LogP contribution in [0.1, 0.15) is 25.0 Å². The summed E-state index contributed by atoms with van der Waals surface area (Å²) < 4.78 is 15.6. The predicted octanol–water partition coefficient (Wildman–Crippen LogP) is 2.10. The van der Waals surface area contributed by atoms with Crippen molar-refractivity contribution in [2.75, 3.05) is 5.32 Å². The Kier molecular flexibility index (Phi) is 3.63. The van der Waals surface area contributed by atoms with Crippen molar-refractivity contribution in [2.45, 2.75) is 25.8 Å². The van der Waals surface area contributed by atoms with Crippen molar-refractivity contribution >= 4 is 22.8 Å². The molecule has 0 saturated heterocycles. The minimum absolute atomic E-state index is 0.147. The van der Waals surface area contributed by atoms with Crippen LogP contribution in [-0.4, -0.2) is 40.6 Å². The number of hydrogen-bond acceptors (Lipinski definition) is 7. The summed E-state index contributed by atoms with van der Waals surface area (Å²) in [5, 5.41) is 7.82. The second-order valence-corrected chi connectivity index (χ2v) is 7.31. The number of amides is 1. The van der Waals surface area contributed by atoms with Crippen LogP contribution in [0.15, 0.2) is 37.2 Å². The summed E-state index contributed by atoms with van der Waals surface area (Å²) in [7, 11) is 0. The van der Waals surface area contributed by atoms with E-state index in [2.05, 4.69) is 35.3 Å². The van der Waals surface area contributed by atoms with Gasteiger partial charge in [0.05, 0.1) is 23.5 Å². The van der Waals surface area contributed by atoms with Crippen LogP contribution in [0, 0.1) is 5.82 Å². The molecule has 0 aromatic carbocycles. The molecular formula is C19H15FN8O. The fourth-order valence-corrected chi connectivity index (χ4v) is 3.33. The number of rotatable bonds is 3. The lowest BCUT2D eigenvalue weighted by molar-refractivity contribution is -0.119. The molecule has 0 atom stereocenters. The van der Waals surface area contributed by atoms with Gasteiger partial charge in [-0.25, -0.2) is 34.0 Å². The van der Waals surface area contributed by atoms with E-state index in [1.54, 1.807) is 23.3 Å². The van der Waals surface area contributed by atoms with Crippen LogP contribution < -0.4 is 5.32 Å². The molecule has 10 heteroatoms.